The topological polar surface area (TPSA) is 53.4 Å². The zero-order valence-electron chi connectivity index (χ0n) is 11.3. The third-order valence-corrected chi connectivity index (χ3v) is 3.77. The van der Waals surface area contributed by atoms with Crippen molar-refractivity contribution in [1.82, 2.24) is 9.88 Å². The molecule has 0 bridgehead atoms. The molecule has 0 aromatic carbocycles. The van der Waals surface area contributed by atoms with Crippen LogP contribution in [0.4, 0.5) is 0 Å². The summed E-state index contributed by atoms with van der Waals surface area (Å²) in [5, 5.41) is 8.60. The highest BCUT2D eigenvalue weighted by Crippen LogP contribution is 2.31. The molecule has 1 atom stereocenters. The number of nitrogens with zero attached hydrogens (tertiary/aromatic N) is 2. The average Bonchev–Trinajstić information content (AvgIpc) is 2.87. The van der Waals surface area contributed by atoms with E-state index in [0.717, 1.165) is 32.4 Å². The van der Waals surface area contributed by atoms with Crippen LogP contribution in [-0.4, -0.2) is 34.0 Å². The third-order valence-electron chi connectivity index (χ3n) is 3.77. The third kappa shape index (κ3) is 4.31. The van der Waals surface area contributed by atoms with Gasteiger partial charge in [-0.1, -0.05) is 12.5 Å². The van der Waals surface area contributed by atoms with Crippen molar-refractivity contribution in [3.05, 3.63) is 30.1 Å². The Morgan fingerprint density at radius 1 is 1.42 bits per heavy atom. The molecule has 0 aliphatic carbocycles. The molecule has 0 saturated carbocycles. The maximum absolute atomic E-state index is 10.4. The Morgan fingerprint density at radius 2 is 2.32 bits per heavy atom. The van der Waals surface area contributed by atoms with Gasteiger partial charge < -0.3 is 5.11 Å². The van der Waals surface area contributed by atoms with Crippen molar-refractivity contribution in [3.8, 4) is 0 Å². The monoisotopic (exact) mass is 262 g/mol. The summed E-state index contributed by atoms with van der Waals surface area (Å²) in [7, 11) is 0. The zero-order valence-corrected chi connectivity index (χ0v) is 11.3. The summed E-state index contributed by atoms with van der Waals surface area (Å²) in [4.78, 5) is 17.2. The second-order valence-electron chi connectivity index (χ2n) is 5.18. The number of unbranched alkanes of at least 4 members (excludes halogenated alkanes) is 2. The van der Waals surface area contributed by atoms with Gasteiger partial charge in [-0.05, 0) is 50.4 Å². The molecule has 1 aromatic heterocycles. The van der Waals surface area contributed by atoms with E-state index in [1.165, 1.54) is 18.4 Å². The summed E-state index contributed by atoms with van der Waals surface area (Å²) >= 11 is 0. The van der Waals surface area contributed by atoms with Crippen LogP contribution in [0.1, 0.15) is 50.1 Å². The van der Waals surface area contributed by atoms with Crippen LogP contribution in [0.2, 0.25) is 0 Å². The SMILES string of the molecule is O=C(O)CCCCCN1CCC[C@H]1c1cccnc1. The van der Waals surface area contributed by atoms with E-state index in [4.69, 9.17) is 5.11 Å². The minimum absolute atomic E-state index is 0.298. The lowest BCUT2D eigenvalue weighted by molar-refractivity contribution is -0.137. The van der Waals surface area contributed by atoms with Gasteiger partial charge >= 0.3 is 5.97 Å². The average molecular weight is 262 g/mol. The molecule has 2 rings (SSSR count). The summed E-state index contributed by atoms with van der Waals surface area (Å²) in [6.45, 7) is 2.22. The minimum atomic E-state index is -0.686. The largest absolute Gasteiger partial charge is 0.481 e. The van der Waals surface area contributed by atoms with Gasteiger partial charge in [-0.25, -0.2) is 0 Å². The van der Waals surface area contributed by atoms with Crippen LogP contribution in [0.3, 0.4) is 0 Å². The molecular formula is C15H22N2O2. The number of rotatable bonds is 7. The molecule has 104 valence electrons. The van der Waals surface area contributed by atoms with Crippen molar-refractivity contribution in [2.45, 2.75) is 44.6 Å². The molecule has 1 N–H and O–H groups in total. The van der Waals surface area contributed by atoms with Gasteiger partial charge in [0.15, 0.2) is 0 Å². The van der Waals surface area contributed by atoms with Crippen molar-refractivity contribution in [3.63, 3.8) is 0 Å². The molecule has 0 spiro atoms. The first-order chi connectivity index (χ1) is 9.27. The van der Waals surface area contributed by atoms with Gasteiger partial charge in [0.25, 0.3) is 0 Å². The summed E-state index contributed by atoms with van der Waals surface area (Å²) in [6, 6.07) is 4.66. The summed E-state index contributed by atoms with van der Waals surface area (Å²) < 4.78 is 0. The van der Waals surface area contributed by atoms with Crippen molar-refractivity contribution in [1.29, 1.82) is 0 Å². The summed E-state index contributed by atoms with van der Waals surface area (Å²) in [5.41, 5.74) is 1.31. The van der Waals surface area contributed by atoms with Crippen LogP contribution in [-0.2, 0) is 4.79 Å². The molecule has 1 saturated heterocycles. The van der Waals surface area contributed by atoms with Gasteiger partial charge in [0.2, 0.25) is 0 Å². The van der Waals surface area contributed by atoms with E-state index in [0.29, 0.717) is 12.5 Å². The molecule has 1 aliphatic heterocycles. The van der Waals surface area contributed by atoms with Crippen LogP contribution >= 0.6 is 0 Å². The van der Waals surface area contributed by atoms with Gasteiger partial charge in [-0.3, -0.25) is 14.7 Å². The first-order valence-electron chi connectivity index (χ1n) is 7.13. The number of pyridine rings is 1. The Kier molecular flexibility index (Phi) is 5.33. The van der Waals surface area contributed by atoms with E-state index in [9.17, 15) is 4.79 Å². The Labute approximate surface area is 114 Å². The molecule has 19 heavy (non-hydrogen) atoms. The Balaban J connectivity index is 1.75. The van der Waals surface area contributed by atoms with E-state index in [1.54, 1.807) is 0 Å². The second kappa shape index (κ2) is 7.24. The van der Waals surface area contributed by atoms with E-state index >= 15 is 0 Å². The highest BCUT2D eigenvalue weighted by Gasteiger charge is 2.25. The Morgan fingerprint density at radius 3 is 3.05 bits per heavy atom. The summed E-state index contributed by atoms with van der Waals surface area (Å²) in [5.74, 6) is -0.686. The highest BCUT2D eigenvalue weighted by atomic mass is 16.4. The van der Waals surface area contributed by atoms with E-state index in [1.807, 2.05) is 18.5 Å². The standard InChI is InChI=1S/C15H22N2O2/c18-15(19)8-2-1-3-10-17-11-5-7-14(17)13-6-4-9-16-12-13/h4,6,9,12,14H,1-3,5,7-8,10-11H2,(H,18,19)/t14-/m0/s1. The highest BCUT2D eigenvalue weighted by molar-refractivity contribution is 5.66. The fourth-order valence-electron chi connectivity index (χ4n) is 2.81. The number of aliphatic carboxylic acids is 1. The number of aromatic nitrogens is 1. The minimum Gasteiger partial charge on any atom is -0.481 e. The predicted octanol–water partition coefficient (Wildman–Crippen LogP) is 2.86. The van der Waals surface area contributed by atoms with Crippen molar-refractivity contribution >= 4 is 5.97 Å². The van der Waals surface area contributed by atoms with Gasteiger partial charge in [0.1, 0.15) is 0 Å². The maximum Gasteiger partial charge on any atom is 0.303 e. The maximum atomic E-state index is 10.4. The molecule has 2 heterocycles. The predicted molar refractivity (Wildman–Crippen MR) is 73.9 cm³/mol. The fraction of sp³-hybridized carbons (Fsp3) is 0.600. The Bertz CT molecular complexity index is 394. The first kappa shape index (κ1) is 14.0. The lowest BCUT2D eigenvalue weighted by Gasteiger charge is -2.24. The van der Waals surface area contributed by atoms with Gasteiger partial charge in [-0.15, -0.1) is 0 Å². The number of carbonyl (C=O) groups is 1. The van der Waals surface area contributed by atoms with Crippen LogP contribution in [0.15, 0.2) is 24.5 Å². The van der Waals surface area contributed by atoms with Crippen molar-refractivity contribution in [2.75, 3.05) is 13.1 Å². The van der Waals surface area contributed by atoms with Gasteiger partial charge in [0, 0.05) is 24.9 Å². The second-order valence-corrected chi connectivity index (χ2v) is 5.18. The normalized spacial score (nSPS) is 19.7. The number of carboxylic acids is 1. The number of likely N-dealkylation sites (tertiary alicyclic amines) is 1. The smallest absolute Gasteiger partial charge is 0.303 e. The van der Waals surface area contributed by atoms with E-state index in [-0.39, 0.29) is 0 Å². The fourth-order valence-corrected chi connectivity index (χ4v) is 2.81. The number of hydrogen-bond acceptors (Lipinski definition) is 3. The lowest BCUT2D eigenvalue weighted by Crippen LogP contribution is -2.24. The van der Waals surface area contributed by atoms with Gasteiger partial charge in [0.05, 0.1) is 0 Å². The molecule has 0 unspecified atom stereocenters. The van der Waals surface area contributed by atoms with E-state index in [2.05, 4.69) is 16.0 Å². The summed E-state index contributed by atoms with van der Waals surface area (Å²) in [6.07, 6.45) is 9.41. The van der Waals surface area contributed by atoms with Crippen LogP contribution in [0.25, 0.3) is 0 Å². The molecule has 4 nitrogen and oxygen atoms in total. The first-order valence-corrected chi connectivity index (χ1v) is 7.13. The lowest BCUT2D eigenvalue weighted by atomic mass is 10.1. The molecule has 4 heteroatoms. The van der Waals surface area contributed by atoms with Crippen molar-refractivity contribution in [2.24, 2.45) is 0 Å². The zero-order chi connectivity index (χ0) is 13.5. The quantitative estimate of drug-likeness (QED) is 0.768. The molecule has 1 fully saturated rings. The van der Waals surface area contributed by atoms with Crippen LogP contribution < -0.4 is 0 Å². The van der Waals surface area contributed by atoms with Crippen LogP contribution in [0.5, 0.6) is 0 Å². The molecule has 1 aliphatic rings. The number of hydrogen-bond donors (Lipinski definition) is 1. The van der Waals surface area contributed by atoms with Gasteiger partial charge in [-0.2, -0.15) is 0 Å². The molecular weight excluding hydrogens is 240 g/mol. The Hall–Kier alpha value is -1.42. The molecule has 0 amide bonds. The van der Waals surface area contributed by atoms with Crippen molar-refractivity contribution < 1.29 is 9.90 Å². The number of carboxylic acid groups (broad SMARTS) is 1. The molecule has 0 radical (unpaired) electrons. The van der Waals surface area contributed by atoms with Crippen LogP contribution in [0, 0.1) is 0 Å². The molecule has 1 aromatic rings. The van der Waals surface area contributed by atoms with E-state index < -0.39 is 5.97 Å².